The van der Waals surface area contributed by atoms with E-state index in [0.29, 0.717) is 17.1 Å². The summed E-state index contributed by atoms with van der Waals surface area (Å²) in [5.74, 6) is 3.03. The zero-order chi connectivity index (χ0) is 15.1. The van der Waals surface area contributed by atoms with Crippen molar-refractivity contribution in [2.45, 2.75) is 0 Å². The SMILES string of the molecule is COc1cc(C=Cc2ccccc2)c(OC)cc1C=C=O. The Balaban J connectivity index is 2.43. The first kappa shape index (κ1) is 14.6. The van der Waals surface area contributed by atoms with Gasteiger partial charge in [0.25, 0.3) is 0 Å². The summed E-state index contributed by atoms with van der Waals surface area (Å²) in [7, 11) is 3.16. The number of methoxy groups -OCH3 is 2. The van der Waals surface area contributed by atoms with Crippen LogP contribution in [0.4, 0.5) is 0 Å². The van der Waals surface area contributed by atoms with E-state index in [9.17, 15) is 4.79 Å². The molecule has 0 saturated carbocycles. The van der Waals surface area contributed by atoms with Gasteiger partial charge in [0.15, 0.2) is 0 Å². The molecule has 0 N–H and O–H groups in total. The highest BCUT2D eigenvalue weighted by Gasteiger charge is 2.08. The second-order valence-electron chi connectivity index (χ2n) is 4.34. The van der Waals surface area contributed by atoms with Gasteiger partial charge in [0.2, 0.25) is 0 Å². The summed E-state index contributed by atoms with van der Waals surface area (Å²) in [6.45, 7) is 0. The minimum atomic E-state index is 0.604. The van der Waals surface area contributed by atoms with Gasteiger partial charge in [-0.05, 0) is 17.7 Å². The van der Waals surface area contributed by atoms with Crippen molar-refractivity contribution < 1.29 is 14.3 Å². The number of hydrogen-bond donors (Lipinski definition) is 0. The molecule has 0 amide bonds. The molecule has 0 aliphatic rings. The van der Waals surface area contributed by atoms with E-state index in [1.54, 1.807) is 26.2 Å². The Kier molecular flexibility index (Phi) is 4.97. The Morgan fingerprint density at radius 1 is 0.905 bits per heavy atom. The predicted octanol–water partition coefficient (Wildman–Crippen LogP) is 3.72. The zero-order valence-corrected chi connectivity index (χ0v) is 12.0. The van der Waals surface area contributed by atoms with E-state index in [0.717, 1.165) is 11.1 Å². The summed E-state index contributed by atoms with van der Waals surface area (Å²) >= 11 is 0. The number of benzene rings is 2. The molecule has 3 heteroatoms. The lowest BCUT2D eigenvalue weighted by Gasteiger charge is -2.10. The van der Waals surface area contributed by atoms with E-state index >= 15 is 0 Å². The Morgan fingerprint density at radius 2 is 1.52 bits per heavy atom. The van der Waals surface area contributed by atoms with Crippen LogP contribution in [0, 0.1) is 0 Å². The molecule has 2 aromatic rings. The van der Waals surface area contributed by atoms with Gasteiger partial charge in [-0.15, -0.1) is 0 Å². The normalized spacial score (nSPS) is 10.2. The molecule has 0 aromatic heterocycles. The Morgan fingerprint density at radius 3 is 2.14 bits per heavy atom. The lowest BCUT2D eigenvalue weighted by Crippen LogP contribution is -1.93. The standard InChI is InChI=1S/C18H16O3/c1-20-17-13-16(10-11-19)18(21-2)12-15(17)9-8-14-6-4-3-5-7-14/h3-10,12-13H,1-2H3. The molecular weight excluding hydrogens is 264 g/mol. The maximum Gasteiger partial charge on any atom is 0.127 e. The smallest absolute Gasteiger partial charge is 0.127 e. The summed E-state index contributed by atoms with van der Waals surface area (Å²) in [5, 5.41) is 0. The summed E-state index contributed by atoms with van der Waals surface area (Å²) in [6.07, 6.45) is 5.27. The molecule has 0 radical (unpaired) electrons. The second-order valence-corrected chi connectivity index (χ2v) is 4.34. The third-order valence-electron chi connectivity index (χ3n) is 3.05. The number of carbonyl (C=O) groups excluding carboxylic acids is 1. The van der Waals surface area contributed by atoms with Crippen LogP contribution in [-0.2, 0) is 4.79 Å². The van der Waals surface area contributed by atoms with Crippen molar-refractivity contribution in [3.05, 3.63) is 59.2 Å². The highest BCUT2D eigenvalue weighted by molar-refractivity contribution is 5.81. The van der Waals surface area contributed by atoms with Gasteiger partial charge < -0.3 is 9.47 Å². The average molecular weight is 280 g/mol. The molecule has 2 aromatic carbocycles. The molecule has 0 bridgehead atoms. The molecule has 0 spiro atoms. The molecular formula is C18H16O3. The minimum Gasteiger partial charge on any atom is -0.496 e. The van der Waals surface area contributed by atoms with Crippen LogP contribution < -0.4 is 9.47 Å². The van der Waals surface area contributed by atoms with Gasteiger partial charge >= 0.3 is 0 Å². The van der Waals surface area contributed by atoms with Gasteiger partial charge in [0.05, 0.1) is 14.2 Å². The second kappa shape index (κ2) is 7.13. The number of ether oxygens (including phenoxy) is 2. The fourth-order valence-electron chi connectivity index (χ4n) is 2.00. The lowest BCUT2D eigenvalue weighted by molar-refractivity contribution is 0.401. The molecule has 106 valence electrons. The molecule has 0 unspecified atom stereocenters. The first-order valence-corrected chi connectivity index (χ1v) is 6.48. The van der Waals surface area contributed by atoms with E-state index in [-0.39, 0.29) is 0 Å². The average Bonchev–Trinajstić information content (AvgIpc) is 2.54. The largest absolute Gasteiger partial charge is 0.496 e. The van der Waals surface area contributed by atoms with E-state index in [1.165, 1.54) is 6.08 Å². The van der Waals surface area contributed by atoms with Gasteiger partial charge in [-0.1, -0.05) is 42.5 Å². The van der Waals surface area contributed by atoms with Crippen LogP contribution in [0.2, 0.25) is 0 Å². The van der Waals surface area contributed by atoms with Gasteiger partial charge in [-0.2, -0.15) is 0 Å². The summed E-state index contributed by atoms with van der Waals surface area (Å²) in [4.78, 5) is 10.5. The monoisotopic (exact) mass is 280 g/mol. The van der Waals surface area contributed by atoms with E-state index in [2.05, 4.69) is 0 Å². The van der Waals surface area contributed by atoms with E-state index in [4.69, 9.17) is 9.47 Å². The van der Waals surface area contributed by atoms with E-state index in [1.807, 2.05) is 48.6 Å². The molecule has 2 rings (SSSR count). The molecule has 3 nitrogen and oxygen atoms in total. The maximum atomic E-state index is 10.5. The lowest BCUT2D eigenvalue weighted by atomic mass is 10.1. The predicted molar refractivity (Wildman–Crippen MR) is 85.1 cm³/mol. The first-order valence-electron chi connectivity index (χ1n) is 6.48. The zero-order valence-electron chi connectivity index (χ0n) is 12.0. The van der Waals surface area contributed by atoms with Crippen molar-refractivity contribution >= 4 is 24.2 Å². The fraction of sp³-hybridized carbons (Fsp3) is 0.111. The van der Waals surface area contributed by atoms with Crippen LogP contribution in [0.5, 0.6) is 11.5 Å². The highest BCUT2D eigenvalue weighted by Crippen LogP contribution is 2.30. The van der Waals surface area contributed by atoms with Gasteiger partial charge in [-0.3, -0.25) is 0 Å². The molecule has 0 aliphatic heterocycles. The van der Waals surface area contributed by atoms with Gasteiger partial charge in [-0.25, -0.2) is 4.79 Å². The Hall–Kier alpha value is -2.77. The molecule has 21 heavy (non-hydrogen) atoms. The van der Waals surface area contributed by atoms with E-state index < -0.39 is 0 Å². The highest BCUT2D eigenvalue weighted by atomic mass is 16.5. The third-order valence-corrected chi connectivity index (χ3v) is 3.05. The van der Waals surface area contributed by atoms with Crippen LogP contribution in [-0.4, -0.2) is 20.2 Å². The van der Waals surface area contributed by atoms with Crippen LogP contribution in [0.1, 0.15) is 16.7 Å². The van der Waals surface area contributed by atoms with Crippen LogP contribution >= 0.6 is 0 Å². The maximum absolute atomic E-state index is 10.5. The van der Waals surface area contributed by atoms with Crippen molar-refractivity contribution in [1.82, 2.24) is 0 Å². The minimum absolute atomic E-state index is 0.604. The molecule has 0 saturated heterocycles. The number of rotatable bonds is 5. The summed E-state index contributed by atoms with van der Waals surface area (Å²) in [5.41, 5.74) is 2.61. The van der Waals surface area contributed by atoms with Crippen LogP contribution in [0.3, 0.4) is 0 Å². The van der Waals surface area contributed by atoms with Crippen LogP contribution in [0.25, 0.3) is 18.2 Å². The van der Waals surface area contributed by atoms with Crippen molar-refractivity contribution in [3.63, 3.8) is 0 Å². The van der Waals surface area contributed by atoms with Crippen molar-refractivity contribution in [2.75, 3.05) is 14.2 Å². The number of hydrogen-bond acceptors (Lipinski definition) is 3. The first-order chi connectivity index (χ1) is 10.3. The van der Waals surface area contributed by atoms with Crippen LogP contribution in [0.15, 0.2) is 42.5 Å². The summed E-state index contributed by atoms with van der Waals surface area (Å²) < 4.78 is 10.7. The van der Waals surface area contributed by atoms with Gasteiger partial charge in [0, 0.05) is 17.2 Å². The van der Waals surface area contributed by atoms with Crippen molar-refractivity contribution in [3.8, 4) is 11.5 Å². The Labute approximate surface area is 124 Å². The third kappa shape index (κ3) is 3.62. The molecule has 0 fully saturated rings. The molecule has 0 atom stereocenters. The quantitative estimate of drug-likeness (QED) is 0.618. The fourth-order valence-corrected chi connectivity index (χ4v) is 2.00. The molecule has 0 aliphatic carbocycles. The van der Waals surface area contributed by atoms with Crippen molar-refractivity contribution in [1.29, 1.82) is 0 Å². The van der Waals surface area contributed by atoms with Gasteiger partial charge in [0.1, 0.15) is 17.4 Å². The topological polar surface area (TPSA) is 35.5 Å². The molecule has 0 heterocycles. The summed E-state index contributed by atoms with van der Waals surface area (Å²) in [6, 6.07) is 13.6. The Bertz CT molecular complexity index is 681. The van der Waals surface area contributed by atoms with Crippen molar-refractivity contribution in [2.24, 2.45) is 0 Å².